The van der Waals surface area contributed by atoms with Gasteiger partial charge in [-0.3, -0.25) is 0 Å². The maximum atomic E-state index is 10.3. The highest BCUT2D eigenvalue weighted by Crippen LogP contribution is 2.30. The summed E-state index contributed by atoms with van der Waals surface area (Å²) in [5.74, 6) is 0.248. The normalized spacial score (nSPS) is 12.8. The standard InChI is InChI=1S/C20H31N3O/c1-6-23(7-2)16(5)9-8-10-21-17-12-18-14(3)11-15(4)22-20(18)19(24)13-17/h11-13,16,21,24H,6-10H2,1-5H3. The molecular weight excluding hydrogens is 298 g/mol. The minimum atomic E-state index is 0.248. The fourth-order valence-corrected chi connectivity index (χ4v) is 3.40. The number of phenols is 1. The first-order valence-corrected chi connectivity index (χ1v) is 9.05. The van der Waals surface area contributed by atoms with Crippen molar-refractivity contribution in [3.8, 4) is 5.75 Å². The van der Waals surface area contributed by atoms with E-state index >= 15 is 0 Å². The molecule has 0 bridgehead atoms. The molecule has 0 fully saturated rings. The molecule has 0 saturated heterocycles. The third-order valence-electron chi connectivity index (χ3n) is 4.79. The van der Waals surface area contributed by atoms with Gasteiger partial charge in [-0.05, 0) is 64.4 Å². The molecule has 1 aromatic carbocycles. The monoisotopic (exact) mass is 329 g/mol. The van der Waals surface area contributed by atoms with Gasteiger partial charge in [0.15, 0.2) is 0 Å². The quantitative estimate of drug-likeness (QED) is 0.701. The van der Waals surface area contributed by atoms with Crippen LogP contribution in [0.3, 0.4) is 0 Å². The van der Waals surface area contributed by atoms with E-state index in [1.807, 2.05) is 6.92 Å². The van der Waals surface area contributed by atoms with Crippen LogP contribution < -0.4 is 5.32 Å². The number of pyridine rings is 1. The van der Waals surface area contributed by atoms with Crippen LogP contribution in [0.15, 0.2) is 18.2 Å². The van der Waals surface area contributed by atoms with Gasteiger partial charge in [-0.15, -0.1) is 0 Å². The van der Waals surface area contributed by atoms with E-state index in [1.54, 1.807) is 6.07 Å². The summed E-state index contributed by atoms with van der Waals surface area (Å²) in [6.45, 7) is 13.9. The van der Waals surface area contributed by atoms with Crippen molar-refractivity contribution in [2.45, 2.75) is 53.5 Å². The number of aromatic nitrogens is 1. The molecule has 0 saturated carbocycles. The topological polar surface area (TPSA) is 48.4 Å². The molecule has 4 nitrogen and oxygen atoms in total. The molecule has 1 heterocycles. The number of aryl methyl sites for hydroxylation is 2. The lowest BCUT2D eigenvalue weighted by molar-refractivity contribution is 0.219. The number of benzene rings is 1. The van der Waals surface area contributed by atoms with Gasteiger partial charge in [0.2, 0.25) is 0 Å². The molecule has 2 N–H and O–H groups in total. The Bertz CT molecular complexity index is 680. The SMILES string of the molecule is CCN(CC)C(C)CCCNc1cc(O)c2nc(C)cc(C)c2c1. The van der Waals surface area contributed by atoms with Gasteiger partial charge < -0.3 is 15.3 Å². The zero-order valence-corrected chi connectivity index (χ0v) is 15.7. The van der Waals surface area contributed by atoms with Crippen LogP contribution in [0.2, 0.25) is 0 Å². The van der Waals surface area contributed by atoms with Gasteiger partial charge in [0, 0.05) is 35.4 Å². The second-order valence-corrected chi connectivity index (χ2v) is 6.61. The predicted molar refractivity (Wildman–Crippen MR) is 103 cm³/mol. The fraction of sp³-hybridized carbons (Fsp3) is 0.550. The van der Waals surface area contributed by atoms with E-state index in [0.29, 0.717) is 11.6 Å². The number of nitrogens with one attached hydrogen (secondary N) is 1. The van der Waals surface area contributed by atoms with Crippen LogP contribution in [0.4, 0.5) is 5.69 Å². The Morgan fingerprint density at radius 2 is 1.88 bits per heavy atom. The Kier molecular flexibility index (Phi) is 6.44. The lowest BCUT2D eigenvalue weighted by Crippen LogP contribution is -2.32. The number of hydrogen-bond donors (Lipinski definition) is 2. The maximum absolute atomic E-state index is 10.3. The molecule has 0 aliphatic rings. The van der Waals surface area contributed by atoms with E-state index < -0.39 is 0 Å². The predicted octanol–water partition coefficient (Wildman–Crippen LogP) is 4.48. The maximum Gasteiger partial charge on any atom is 0.143 e. The van der Waals surface area contributed by atoms with Gasteiger partial charge in [0.1, 0.15) is 11.3 Å². The first kappa shape index (κ1) is 18.5. The molecule has 0 spiro atoms. The summed E-state index contributed by atoms with van der Waals surface area (Å²) >= 11 is 0. The molecule has 2 rings (SSSR count). The van der Waals surface area contributed by atoms with E-state index in [4.69, 9.17) is 0 Å². The van der Waals surface area contributed by atoms with Gasteiger partial charge in [-0.25, -0.2) is 4.98 Å². The van der Waals surface area contributed by atoms with Crippen molar-refractivity contribution in [2.24, 2.45) is 0 Å². The average Bonchev–Trinajstić information content (AvgIpc) is 2.54. The summed E-state index contributed by atoms with van der Waals surface area (Å²) in [5, 5.41) is 14.7. The molecule has 24 heavy (non-hydrogen) atoms. The number of fused-ring (bicyclic) bond motifs is 1. The van der Waals surface area contributed by atoms with E-state index in [2.05, 4.69) is 55.0 Å². The average molecular weight is 329 g/mol. The Morgan fingerprint density at radius 3 is 2.54 bits per heavy atom. The lowest BCUT2D eigenvalue weighted by atomic mass is 10.1. The van der Waals surface area contributed by atoms with E-state index in [-0.39, 0.29) is 5.75 Å². The first-order chi connectivity index (χ1) is 11.5. The smallest absolute Gasteiger partial charge is 0.143 e. The third-order valence-corrected chi connectivity index (χ3v) is 4.79. The van der Waals surface area contributed by atoms with Crippen LogP contribution in [0, 0.1) is 13.8 Å². The number of anilines is 1. The van der Waals surface area contributed by atoms with Gasteiger partial charge in [0.05, 0.1) is 0 Å². The summed E-state index contributed by atoms with van der Waals surface area (Å²) in [4.78, 5) is 6.94. The van der Waals surface area contributed by atoms with Crippen molar-refractivity contribution in [3.63, 3.8) is 0 Å². The molecule has 132 valence electrons. The zero-order chi connectivity index (χ0) is 17.7. The molecule has 0 aliphatic carbocycles. The Balaban J connectivity index is 1.99. The number of aromatic hydroxyl groups is 1. The summed E-state index contributed by atoms with van der Waals surface area (Å²) in [6.07, 6.45) is 2.29. The highest BCUT2D eigenvalue weighted by molar-refractivity contribution is 5.90. The molecule has 1 atom stereocenters. The van der Waals surface area contributed by atoms with Gasteiger partial charge in [0.25, 0.3) is 0 Å². The second-order valence-electron chi connectivity index (χ2n) is 6.61. The van der Waals surface area contributed by atoms with E-state index in [1.165, 1.54) is 6.42 Å². The summed E-state index contributed by atoms with van der Waals surface area (Å²) in [6, 6.07) is 6.53. The fourth-order valence-electron chi connectivity index (χ4n) is 3.40. The largest absolute Gasteiger partial charge is 0.506 e. The minimum absolute atomic E-state index is 0.248. The molecule has 0 aliphatic heterocycles. The minimum Gasteiger partial charge on any atom is -0.506 e. The van der Waals surface area contributed by atoms with Crippen LogP contribution in [0.25, 0.3) is 10.9 Å². The Labute approximate surface area is 145 Å². The molecule has 0 amide bonds. The molecule has 4 heteroatoms. The number of phenolic OH excluding ortho intramolecular Hbond substituents is 1. The number of nitrogens with zero attached hydrogens (tertiary/aromatic N) is 2. The molecule has 1 unspecified atom stereocenters. The van der Waals surface area contributed by atoms with Crippen molar-refractivity contribution in [1.82, 2.24) is 9.88 Å². The lowest BCUT2D eigenvalue weighted by Gasteiger charge is -2.26. The second kappa shape index (κ2) is 8.34. The van der Waals surface area contributed by atoms with E-state index in [9.17, 15) is 5.11 Å². The Morgan fingerprint density at radius 1 is 1.17 bits per heavy atom. The van der Waals surface area contributed by atoms with Crippen molar-refractivity contribution in [2.75, 3.05) is 25.0 Å². The first-order valence-electron chi connectivity index (χ1n) is 9.05. The molecular formula is C20H31N3O. The van der Waals surface area contributed by atoms with Crippen LogP contribution in [0.1, 0.15) is 44.9 Å². The highest BCUT2D eigenvalue weighted by atomic mass is 16.3. The summed E-state index contributed by atoms with van der Waals surface area (Å²) in [7, 11) is 0. The molecule has 2 aromatic rings. The van der Waals surface area contributed by atoms with E-state index in [0.717, 1.165) is 48.4 Å². The number of hydrogen-bond acceptors (Lipinski definition) is 4. The summed E-state index contributed by atoms with van der Waals surface area (Å²) in [5.41, 5.74) is 3.73. The van der Waals surface area contributed by atoms with Crippen molar-refractivity contribution >= 4 is 16.6 Å². The van der Waals surface area contributed by atoms with Crippen LogP contribution in [-0.2, 0) is 0 Å². The number of rotatable bonds is 8. The van der Waals surface area contributed by atoms with Gasteiger partial charge in [-0.2, -0.15) is 0 Å². The zero-order valence-electron chi connectivity index (χ0n) is 15.7. The highest BCUT2D eigenvalue weighted by Gasteiger charge is 2.10. The van der Waals surface area contributed by atoms with Crippen LogP contribution in [0.5, 0.6) is 5.75 Å². The third kappa shape index (κ3) is 4.38. The Hall–Kier alpha value is -1.81. The molecule has 1 aromatic heterocycles. The molecule has 0 radical (unpaired) electrons. The van der Waals surface area contributed by atoms with Crippen molar-refractivity contribution < 1.29 is 5.11 Å². The summed E-state index contributed by atoms with van der Waals surface area (Å²) < 4.78 is 0. The van der Waals surface area contributed by atoms with Crippen molar-refractivity contribution in [3.05, 3.63) is 29.5 Å². The van der Waals surface area contributed by atoms with Crippen LogP contribution in [-0.4, -0.2) is 40.7 Å². The van der Waals surface area contributed by atoms with Crippen molar-refractivity contribution in [1.29, 1.82) is 0 Å². The van der Waals surface area contributed by atoms with Crippen LogP contribution >= 0.6 is 0 Å². The van der Waals surface area contributed by atoms with Gasteiger partial charge >= 0.3 is 0 Å². The van der Waals surface area contributed by atoms with Gasteiger partial charge in [-0.1, -0.05) is 13.8 Å².